The Morgan fingerprint density at radius 3 is 2.64 bits per heavy atom. The van der Waals surface area contributed by atoms with Gasteiger partial charge in [-0.05, 0) is 60.5 Å². The number of aromatic nitrogens is 1. The van der Waals surface area contributed by atoms with E-state index in [4.69, 9.17) is 4.74 Å². The molecule has 168 valence electrons. The summed E-state index contributed by atoms with van der Waals surface area (Å²) in [4.78, 5) is 20.3. The van der Waals surface area contributed by atoms with Crippen molar-refractivity contribution in [3.05, 3.63) is 83.6 Å². The highest BCUT2D eigenvalue weighted by atomic mass is 32.2. The van der Waals surface area contributed by atoms with Crippen LogP contribution in [0, 0.1) is 5.82 Å². The van der Waals surface area contributed by atoms with Crippen LogP contribution in [-0.4, -0.2) is 35.0 Å². The lowest BCUT2D eigenvalue weighted by Crippen LogP contribution is -2.41. The van der Waals surface area contributed by atoms with Crippen molar-refractivity contribution in [1.82, 2.24) is 9.88 Å². The highest BCUT2D eigenvalue weighted by Crippen LogP contribution is 2.30. The van der Waals surface area contributed by atoms with Gasteiger partial charge in [0.1, 0.15) is 6.10 Å². The molecular weight excluding hydrogens is 457 g/mol. The summed E-state index contributed by atoms with van der Waals surface area (Å²) < 4.78 is 24.1. The van der Waals surface area contributed by atoms with Gasteiger partial charge in [0.05, 0.1) is 20.6 Å². The molecule has 0 aliphatic carbocycles. The quantitative estimate of drug-likeness (QED) is 0.332. The van der Waals surface area contributed by atoms with Gasteiger partial charge < -0.3 is 14.4 Å². The van der Waals surface area contributed by atoms with Crippen LogP contribution >= 0.6 is 23.3 Å². The second-order valence-corrected chi connectivity index (χ2v) is 9.51. The molecule has 5 nitrogen and oxygen atoms in total. The Balaban J connectivity index is 1.15. The number of piperidine rings is 1. The molecule has 1 aliphatic heterocycles. The number of likely N-dealkylation sites (tertiary alicyclic amines) is 1. The fourth-order valence-electron chi connectivity index (χ4n) is 3.82. The Bertz CT molecular complexity index is 1250. The van der Waals surface area contributed by atoms with Crippen molar-refractivity contribution in [3.63, 3.8) is 0 Å². The smallest absolute Gasteiger partial charge is 0.253 e. The Hall–Kier alpha value is -3.10. The van der Waals surface area contributed by atoms with Gasteiger partial charge in [0.2, 0.25) is 0 Å². The second-order valence-electron chi connectivity index (χ2n) is 7.78. The lowest BCUT2D eigenvalue weighted by molar-refractivity contribution is 0.0588. The number of nitrogens with one attached hydrogen (secondary N) is 1. The van der Waals surface area contributed by atoms with E-state index in [1.54, 1.807) is 29.5 Å². The van der Waals surface area contributed by atoms with Crippen LogP contribution in [0.4, 0.5) is 10.1 Å². The molecule has 1 amide bonds. The molecule has 3 aromatic carbocycles. The molecule has 1 saturated heterocycles. The number of thiazole rings is 1. The standard InChI is InChI=1S/C25H22FN3O2S2/c26-20-4-1-2-5-21(20)31-19-12-14-29(15-13-19)25(30)17-8-10-18(11-9-17)28-33-23-7-3-6-22-24(23)27-16-32-22/h1-11,16,19,28H,12-15H2. The molecule has 1 aliphatic rings. The van der Waals surface area contributed by atoms with E-state index in [1.165, 1.54) is 18.0 Å². The number of amides is 1. The van der Waals surface area contributed by atoms with Crippen molar-refractivity contribution in [2.45, 2.75) is 23.8 Å². The molecule has 8 heteroatoms. The maximum atomic E-state index is 13.8. The maximum absolute atomic E-state index is 13.8. The summed E-state index contributed by atoms with van der Waals surface area (Å²) in [7, 11) is 0. The number of para-hydroxylation sites is 2. The summed E-state index contributed by atoms with van der Waals surface area (Å²) in [5.41, 5.74) is 4.42. The van der Waals surface area contributed by atoms with Crippen molar-refractivity contribution in [3.8, 4) is 5.75 Å². The van der Waals surface area contributed by atoms with Gasteiger partial charge in [-0.15, -0.1) is 11.3 Å². The van der Waals surface area contributed by atoms with Crippen LogP contribution in [-0.2, 0) is 0 Å². The van der Waals surface area contributed by atoms with Crippen LogP contribution in [0.3, 0.4) is 0 Å². The molecule has 0 saturated carbocycles. The van der Waals surface area contributed by atoms with E-state index >= 15 is 0 Å². The van der Waals surface area contributed by atoms with Gasteiger partial charge in [-0.2, -0.15) is 0 Å². The lowest BCUT2D eigenvalue weighted by Gasteiger charge is -2.32. The summed E-state index contributed by atoms with van der Waals surface area (Å²) in [5, 5.41) is 0. The SMILES string of the molecule is O=C(c1ccc(NSc2cccc3scnc23)cc1)N1CCC(Oc2ccccc2F)CC1. The Labute approximate surface area is 199 Å². The van der Waals surface area contributed by atoms with Crippen molar-refractivity contribution in [2.75, 3.05) is 17.8 Å². The number of fused-ring (bicyclic) bond motifs is 1. The van der Waals surface area contributed by atoms with Gasteiger partial charge in [0.15, 0.2) is 11.6 Å². The largest absolute Gasteiger partial charge is 0.487 e. The highest BCUT2D eigenvalue weighted by Gasteiger charge is 2.25. The number of carbonyl (C=O) groups is 1. The first-order valence-corrected chi connectivity index (χ1v) is 12.4. The zero-order chi connectivity index (χ0) is 22.6. The summed E-state index contributed by atoms with van der Waals surface area (Å²) >= 11 is 3.13. The summed E-state index contributed by atoms with van der Waals surface area (Å²) in [6, 6.07) is 20.1. The van der Waals surface area contributed by atoms with E-state index in [9.17, 15) is 9.18 Å². The van der Waals surface area contributed by atoms with Crippen molar-refractivity contribution in [2.24, 2.45) is 0 Å². The zero-order valence-electron chi connectivity index (χ0n) is 17.7. The molecular formula is C25H22FN3O2S2. The van der Waals surface area contributed by atoms with Crippen LogP contribution in [0.1, 0.15) is 23.2 Å². The number of anilines is 1. The first-order valence-electron chi connectivity index (χ1n) is 10.7. The number of ether oxygens (including phenoxy) is 1. The monoisotopic (exact) mass is 479 g/mol. The number of halogens is 1. The van der Waals surface area contributed by atoms with Crippen molar-refractivity contribution in [1.29, 1.82) is 0 Å². The van der Waals surface area contributed by atoms with Crippen molar-refractivity contribution >= 4 is 45.1 Å². The van der Waals surface area contributed by atoms with Gasteiger partial charge in [-0.25, -0.2) is 9.37 Å². The number of rotatable bonds is 6. The molecule has 0 atom stereocenters. The molecule has 1 N–H and O–H groups in total. The lowest BCUT2D eigenvalue weighted by atomic mass is 10.1. The fourth-order valence-corrected chi connectivity index (χ4v) is 5.35. The van der Waals surface area contributed by atoms with Gasteiger partial charge >= 0.3 is 0 Å². The van der Waals surface area contributed by atoms with Gasteiger partial charge in [0, 0.05) is 37.2 Å². The minimum Gasteiger partial charge on any atom is -0.487 e. The van der Waals surface area contributed by atoms with Crippen molar-refractivity contribution < 1.29 is 13.9 Å². The molecule has 0 unspecified atom stereocenters. The molecule has 2 heterocycles. The number of nitrogens with zero attached hydrogens (tertiary/aromatic N) is 2. The first-order chi connectivity index (χ1) is 16.2. The minimum absolute atomic E-state index is 0.00536. The van der Waals surface area contributed by atoms with Crippen LogP contribution in [0.25, 0.3) is 10.2 Å². The molecule has 0 bridgehead atoms. The Morgan fingerprint density at radius 2 is 1.85 bits per heavy atom. The molecule has 33 heavy (non-hydrogen) atoms. The van der Waals surface area contributed by atoms with Crippen LogP contribution in [0.2, 0.25) is 0 Å². The third-order valence-corrected chi connectivity index (χ3v) is 7.27. The molecule has 0 radical (unpaired) electrons. The van der Waals surface area contributed by atoms with E-state index in [0.29, 0.717) is 31.5 Å². The van der Waals surface area contributed by atoms with Gasteiger partial charge in [0.25, 0.3) is 5.91 Å². The Morgan fingerprint density at radius 1 is 1.06 bits per heavy atom. The van der Waals surface area contributed by atoms with Crippen LogP contribution < -0.4 is 9.46 Å². The van der Waals surface area contributed by atoms with E-state index in [2.05, 4.69) is 15.8 Å². The molecule has 4 aromatic rings. The molecule has 5 rings (SSSR count). The molecule has 1 aromatic heterocycles. The number of hydrogen-bond acceptors (Lipinski definition) is 6. The topological polar surface area (TPSA) is 54.5 Å². The summed E-state index contributed by atoms with van der Waals surface area (Å²) in [5.74, 6) is -0.0776. The normalized spacial score (nSPS) is 14.4. The third-order valence-electron chi connectivity index (χ3n) is 5.59. The van der Waals surface area contributed by atoms with Gasteiger partial charge in [-0.1, -0.05) is 18.2 Å². The Kier molecular flexibility index (Phi) is 6.46. The number of benzene rings is 3. The summed E-state index contributed by atoms with van der Waals surface area (Å²) in [6.45, 7) is 1.18. The van der Waals surface area contributed by atoms with E-state index in [-0.39, 0.29) is 23.6 Å². The van der Waals surface area contributed by atoms with Crippen LogP contribution in [0.15, 0.2) is 77.1 Å². The van der Waals surface area contributed by atoms with Crippen LogP contribution in [0.5, 0.6) is 5.75 Å². The van der Waals surface area contributed by atoms with Gasteiger partial charge in [-0.3, -0.25) is 4.79 Å². The maximum Gasteiger partial charge on any atom is 0.253 e. The average molecular weight is 480 g/mol. The zero-order valence-corrected chi connectivity index (χ0v) is 19.4. The first kappa shape index (κ1) is 21.7. The third kappa shape index (κ3) is 4.96. The second kappa shape index (κ2) is 9.80. The predicted molar refractivity (Wildman–Crippen MR) is 131 cm³/mol. The number of carbonyl (C=O) groups excluding carboxylic acids is 1. The highest BCUT2D eigenvalue weighted by molar-refractivity contribution is 8.00. The average Bonchev–Trinajstić information content (AvgIpc) is 3.34. The molecule has 0 spiro atoms. The number of hydrogen-bond donors (Lipinski definition) is 1. The fraction of sp³-hybridized carbons (Fsp3) is 0.200. The minimum atomic E-state index is -0.355. The van der Waals surface area contributed by atoms with E-state index in [0.717, 1.165) is 20.8 Å². The van der Waals surface area contributed by atoms with E-state index in [1.807, 2.05) is 46.8 Å². The molecule has 1 fully saturated rings. The summed E-state index contributed by atoms with van der Waals surface area (Å²) in [6.07, 6.45) is 1.27. The van der Waals surface area contributed by atoms with E-state index < -0.39 is 0 Å². The predicted octanol–water partition coefficient (Wildman–Crippen LogP) is 6.24.